The minimum Gasteiger partial charge on any atom is -0.459 e. The summed E-state index contributed by atoms with van der Waals surface area (Å²) in [6, 6.07) is 10.2. The van der Waals surface area contributed by atoms with E-state index >= 15 is 0 Å². The van der Waals surface area contributed by atoms with Gasteiger partial charge >= 0.3 is 6.03 Å². The van der Waals surface area contributed by atoms with Gasteiger partial charge in [-0.2, -0.15) is 0 Å². The lowest BCUT2D eigenvalue weighted by Crippen LogP contribution is -2.52. The minimum atomic E-state index is -0.492. The van der Waals surface area contributed by atoms with Gasteiger partial charge in [0, 0.05) is 36.2 Å². The van der Waals surface area contributed by atoms with Gasteiger partial charge in [0.15, 0.2) is 5.76 Å². The zero-order valence-corrected chi connectivity index (χ0v) is 15.6. The molecule has 1 saturated heterocycles. The lowest BCUT2D eigenvalue weighted by atomic mass is 10.1. The maximum absolute atomic E-state index is 12.3. The van der Waals surface area contributed by atoms with Crippen LogP contribution in [0.4, 0.5) is 4.79 Å². The van der Waals surface area contributed by atoms with Gasteiger partial charge in [-0.05, 0) is 31.0 Å². The van der Waals surface area contributed by atoms with Crippen molar-refractivity contribution in [1.82, 2.24) is 26.1 Å². The van der Waals surface area contributed by atoms with Crippen LogP contribution in [0.5, 0.6) is 0 Å². The molecule has 0 saturated carbocycles. The second-order valence-corrected chi connectivity index (χ2v) is 6.84. The largest absolute Gasteiger partial charge is 0.459 e. The first-order valence-electron chi connectivity index (χ1n) is 9.37. The minimum absolute atomic E-state index is 0.0827. The Kier molecular flexibility index (Phi) is 5.19. The van der Waals surface area contributed by atoms with Crippen molar-refractivity contribution in [2.75, 3.05) is 13.1 Å². The molecule has 9 nitrogen and oxygen atoms in total. The molecule has 1 aromatic carbocycles. The lowest BCUT2D eigenvalue weighted by Gasteiger charge is -2.31. The fraction of sp³-hybridized carbons (Fsp3) is 0.250. The molecular formula is C20H21N5O4. The summed E-state index contributed by atoms with van der Waals surface area (Å²) in [5.41, 5.74) is 6.09. The Bertz CT molecular complexity index is 1020. The Morgan fingerprint density at radius 3 is 2.59 bits per heavy atom. The summed E-state index contributed by atoms with van der Waals surface area (Å²) < 4.78 is 5.14. The van der Waals surface area contributed by atoms with E-state index in [0.29, 0.717) is 37.3 Å². The number of piperidine rings is 1. The molecule has 0 aliphatic carbocycles. The van der Waals surface area contributed by atoms with E-state index in [2.05, 4.69) is 21.2 Å². The van der Waals surface area contributed by atoms with E-state index in [1.54, 1.807) is 23.2 Å². The number of benzene rings is 1. The number of urea groups is 1. The molecule has 9 heteroatoms. The van der Waals surface area contributed by atoms with Gasteiger partial charge in [0.25, 0.3) is 11.8 Å². The predicted molar refractivity (Wildman–Crippen MR) is 105 cm³/mol. The highest BCUT2D eigenvalue weighted by molar-refractivity contribution is 6.07. The first kappa shape index (κ1) is 18.6. The third-order valence-corrected chi connectivity index (χ3v) is 4.97. The van der Waals surface area contributed by atoms with E-state index in [4.69, 9.17) is 4.42 Å². The Hall–Kier alpha value is -3.75. The third-order valence-electron chi connectivity index (χ3n) is 4.97. The van der Waals surface area contributed by atoms with E-state index in [1.807, 2.05) is 24.3 Å². The van der Waals surface area contributed by atoms with Gasteiger partial charge in [-0.3, -0.25) is 15.0 Å². The monoisotopic (exact) mass is 395 g/mol. The number of fused-ring (bicyclic) bond motifs is 1. The number of hydrogen-bond acceptors (Lipinski definition) is 4. The van der Waals surface area contributed by atoms with Crippen LogP contribution in [0.25, 0.3) is 10.9 Å². The maximum atomic E-state index is 12.3. The van der Waals surface area contributed by atoms with Crippen molar-refractivity contribution in [2.24, 2.45) is 0 Å². The van der Waals surface area contributed by atoms with Gasteiger partial charge in [-0.15, -0.1) is 0 Å². The molecule has 4 N–H and O–H groups in total. The van der Waals surface area contributed by atoms with Crippen LogP contribution >= 0.6 is 0 Å². The van der Waals surface area contributed by atoms with E-state index in [0.717, 1.165) is 10.9 Å². The number of hydrazine groups is 1. The molecule has 0 unspecified atom stereocenters. The van der Waals surface area contributed by atoms with Gasteiger partial charge in [0.1, 0.15) is 0 Å². The number of para-hydroxylation sites is 1. The van der Waals surface area contributed by atoms with Gasteiger partial charge in [0.05, 0.1) is 11.8 Å². The SMILES string of the molecule is O=C(NNC(=O)c1c[nH]c2ccccc12)NC1CCN(C(=O)c2ccco2)CC1. The van der Waals surface area contributed by atoms with E-state index in [1.165, 1.54) is 6.26 Å². The van der Waals surface area contributed by atoms with Crippen LogP contribution in [0.15, 0.2) is 53.3 Å². The van der Waals surface area contributed by atoms with Crippen LogP contribution in [0.2, 0.25) is 0 Å². The number of hydrogen-bond donors (Lipinski definition) is 4. The van der Waals surface area contributed by atoms with Crippen LogP contribution in [-0.2, 0) is 0 Å². The number of rotatable bonds is 3. The number of nitrogens with zero attached hydrogens (tertiary/aromatic N) is 1. The van der Waals surface area contributed by atoms with E-state index in [9.17, 15) is 14.4 Å². The summed E-state index contributed by atoms with van der Waals surface area (Å²) >= 11 is 0. The summed E-state index contributed by atoms with van der Waals surface area (Å²) in [7, 11) is 0. The smallest absolute Gasteiger partial charge is 0.333 e. The fourth-order valence-electron chi connectivity index (χ4n) is 3.44. The first-order chi connectivity index (χ1) is 14.1. The second-order valence-electron chi connectivity index (χ2n) is 6.84. The first-order valence-corrected chi connectivity index (χ1v) is 9.37. The zero-order chi connectivity index (χ0) is 20.2. The highest BCUT2D eigenvalue weighted by Crippen LogP contribution is 2.17. The van der Waals surface area contributed by atoms with Gasteiger partial charge in [-0.25, -0.2) is 10.2 Å². The predicted octanol–water partition coefficient (Wildman–Crippen LogP) is 2.01. The molecule has 0 bridgehead atoms. The van der Waals surface area contributed by atoms with Crippen LogP contribution < -0.4 is 16.2 Å². The van der Waals surface area contributed by atoms with Gasteiger partial charge in [-0.1, -0.05) is 18.2 Å². The quantitative estimate of drug-likeness (QED) is 0.507. The molecular weight excluding hydrogens is 374 g/mol. The molecule has 1 fully saturated rings. The van der Waals surface area contributed by atoms with Crippen molar-refractivity contribution < 1.29 is 18.8 Å². The number of aromatic nitrogens is 1. The Balaban J connectivity index is 1.23. The van der Waals surface area contributed by atoms with Crippen LogP contribution in [0.1, 0.15) is 33.8 Å². The Labute approximate surface area is 166 Å². The number of nitrogens with one attached hydrogen (secondary N) is 4. The average Bonchev–Trinajstić information content (AvgIpc) is 3.42. The number of furan rings is 1. The van der Waals surface area contributed by atoms with Crippen molar-refractivity contribution >= 4 is 28.7 Å². The molecule has 4 rings (SSSR count). The molecule has 1 aliphatic heterocycles. The highest BCUT2D eigenvalue weighted by atomic mass is 16.3. The molecule has 29 heavy (non-hydrogen) atoms. The summed E-state index contributed by atoms with van der Waals surface area (Å²) in [4.78, 5) is 41.4. The number of aromatic amines is 1. The summed E-state index contributed by atoms with van der Waals surface area (Å²) in [5.74, 6) is -0.241. The number of H-pyrrole nitrogens is 1. The average molecular weight is 395 g/mol. The van der Waals surface area contributed by atoms with E-state index in [-0.39, 0.29) is 11.9 Å². The Morgan fingerprint density at radius 1 is 1.03 bits per heavy atom. The van der Waals surface area contributed by atoms with E-state index < -0.39 is 11.9 Å². The van der Waals surface area contributed by atoms with Crippen LogP contribution in [0.3, 0.4) is 0 Å². The summed E-state index contributed by atoms with van der Waals surface area (Å²) in [6.45, 7) is 1.04. The molecule has 3 heterocycles. The van der Waals surface area contributed by atoms with Crippen molar-refractivity contribution in [3.05, 3.63) is 60.2 Å². The third kappa shape index (κ3) is 4.08. The molecule has 0 radical (unpaired) electrons. The number of carbonyl (C=O) groups is 3. The number of likely N-dealkylation sites (tertiary alicyclic amines) is 1. The van der Waals surface area contributed by atoms with Crippen molar-refractivity contribution in [3.8, 4) is 0 Å². The lowest BCUT2D eigenvalue weighted by molar-refractivity contribution is 0.0675. The van der Waals surface area contributed by atoms with Crippen molar-refractivity contribution in [3.63, 3.8) is 0 Å². The van der Waals surface area contributed by atoms with Crippen LogP contribution in [-0.4, -0.2) is 46.9 Å². The molecule has 1 aliphatic rings. The van der Waals surface area contributed by atoms with Crippen LogP contribution in [0, 0.1) is 0 Å². The molecule has 4 amide bonds. The standard InChI is InChI=1S/C20H21N5O4/c26-18(15-12-21-16-5-2-1-4-14(15)16)23-24-20(28)22-13-7-9-25(10-8-13)19(27)17-6-3-11-29-17/h1-6,11-13,21H,7-10H2,(H,23,26)(H2,22,24,28). The van der Waals surface area contributed by atoms with Gasteiger partial charge < -0.3 is 19.6 Å². The maximum Gasteiger partial charge on any atom is 0.333 e. The molecule has 2 aromatic heterocycles. The summed E-state index contributed by atoms with van der Waals surface area (Å²) in [6.07, 6.45) is 4.31. The number of carbonyl (C=O) groups excluding carboxylic acids is 3. The molecule has 0 spiro atoms. The van der Waals surface area contributed by atoms with Crippen molar-refractivity contribution in [1.29, 1.82) is 0 Å². The topological polar surface area (TPSA) is 119 Å². The zero-order valence-electron chi connectivity index (χ0n) is 15.6. The summed E-state index contributed by atoms with van der Waals surface area (Å²) in [5, 5.41) is 3.60. The number of amides is 4. The molecule has 0 atom stereocenters. The second kappa shape index (κ2) is 8.09. The molecule has 3 aromatic rings. The fourth-order valence-corrected chi connectivity index (χ4v) is 3.44. The van der Waals surface area contributed by atoms with Gasteiger partial charge in [0.2, 0.25) is 0 Å². The molecule has 150 valence electrons. The normalized spacial score (nSPS) is 14.6. The van der Waals surface area contributed by atoms with Crippen molar-refractivity contribution in [2.45, 2.75) is 18.9 Å². The Morgan fingerprint density at radius 2 is 1.83 bits per heavy atom. The highest BCUT2D eigenvalue weighted by Gasteiger charge is 2.26.